The first-order chi connectivity index (χ1) is 9.92. The highest BCUT2D eigenvalue weighted by Gasteiger charge is 2.05. The fourth-order valence-electron chi connectivity index (χ4n) is 1.97. The van der Waals surface area contributed by atoms with Crippen LogP contribution in [-0.4, -0.2) is 14.8 Å². The maximum atomic E-state index is 4.20. The number of hydrogen-bond acceptors (Lipinski definition) is 3. The van der Waals surface area contributed by atoms with Crippen molar-refractivity contribution in [3.8, 4) is 0 Å². The fraction of sp³-hybridized carbons (Fsp3) is 0.125. The fourth-order valence-corrected chi connectivity index (χ4v) is 2.84. The Labute approximate surface area is 122 Å². The Morgan fingerprint density at radius 3 is 2.20 bits per heavy atom. The summed E-state index contributed by atoms with van der Waals surface area (Å²) in [5.74, 6) is 0.911. The molecule has 0 atom stereocenters. The second-order valence-electron chi connectivity index (χ2n) is 4.50. The number of benzene rings is 2. The van der Waals surface area contributed by atoms with Crippen LogP contribution in [0.4, 0.5) is 0 Å². The van der Waals surface area contributed by atoms with Crippen LogP contribution in [0.25, 0.3) is 0 Å². The topological polar surface area (TPSA) is 30.7 Å². The molecule has 0 spiro atoms. The predicted octanol–water partition coefficient (Wildman–Crippen LogP) is 3.62. The number of aromatic nitrogens is 3. The van der Waals surface area contributed by atoms with Gasteiger partial charge in [0.1, 0.15) is 6.33 Å². The van der Waals surface area contributed by atoms with Gasteiger partial charge in [-0.15, -0.1) is 10.2 Å². The van der Waals surface area contributed by atoms with Crippen LogP contribution in [0, 0.1) is 0 Å². The smallest absolute Gasteiger partial charge is 0.191 e. The molecular weight excluding hydrogens is 266 g/mol. The molecule has 0 fully saturated rings. The summed E-state index contributed by atoms with van der Waals surface area (Å²) in [7, 11) is 0. The van der Waals surface area contributed by atoms with Crippen molar-refractivity contribution in [3.05, 3.63) is 78.1 Å². The maximum Gasteiger partial charge on any atom is 0.191 e. The van der Waals surface area contributed by atoms with Gasteiger partial charge in [0, 0.05) is 5.75 Å². The molecule has 0 aliphatic heterocycles. The van der Waals surface area contributed by atoms with Crippen molar-refractivity contribution in [1.29, 1.82) is 0 Å². The molecule has 0 aliphatic carbocycles. The molecule has 1 aromatic heterocycles. The molecule has 0 saturated heterocycles. The molecule has 0 unspecified atom stereocenters. The monoisotopic (exact) mass is 281 g/mol. The van der Waals surface area contributed by atoms with Crippen LogP contribution < -0.4 is 0 Å². The zero-order valence-corrected chi connectivity index (χ0v) is 11.8. The highest BCUT2D eigenvalue weighted by atomic mass is 32.2. The number of nitrogens with zero attached hydrogens (tertiary/aromatic N) is 3. The van der Waals surface area contributed by atoms with Gasteiger partial charge in [0.05, 0.1) is 6.54 Å². The summed E-state index contributed by atoms with van der Waals surface area (Å²) in [6, 6.07) is 20.8. The Morgan fingerprint density at radius 2 is 1.50 bits per heavy atom. The lowest BCUT2D eigenvalue weighted by molar-refractivity contribution is 0.708. The predicted molar refractivity (Wildman–Crippen MR) is 81.6 cm³/mol. The van der Waals surface area contributed by atoms with Crippen LogP contribution in [0.3, 0.4) is 0 Å². The molecule has 0 aliphatic rings. The van der Waals surface area contributed by atoms with Gasteiger partial charge >= 0.3 is 0 Å². The molecule has 4 heteroatoms. The molecular formula is C16H15N3S. The summed E-state index contributed by atoms with van der Waals surface area (Å²) in [5.41, 5.74) is 2.56. The normalized spacial score (nSPS) is 10.6. The summed E-state index contributed by atoms with van der Waals surface area (Å²) in [6.07, 6.45) is 1.79. The molecule has 1 heterocycles. The molecule has 0 N–H and O–H groups in total. The third kappa shape index (κ3) is 3.27. The van der Waals surface area contributed by atoms with Crippen molar-refractivity contribution in [2.75, 3.05) is 0 Å². The lowest BCUT2D eigenvalue weighted by Gasteiger charge is -2.06. The third-order valence-corrected chi connectivity index (χ3v) is 4.04. The minimum Gasteiger partial charge on any atom is -0.304 e. The molecule has 0 amide bonds. The van der Waals surface area contributed by atoms with Crippen molar-refractivity contribution in [3.63, 3.8) is 0 Å². The van der Waals surface area contributed by atoms with E-state index in [1.807, 2.05) is 12.1 Å². The van der Waals surface area contributed by atoms with E-state index in [9.17, 15) is 0 Å². The summed E-state index contributed by atoms with van der Waals surface area (Å²) < 4.78 is 2.09. The van der Waals surface area contributed by atoms with Crippen molar-refractivity contribution >= 4 is 11.8 Å². The van der Waals surface area contributed by atoms with Gasteiger partial charge in [0.2, 0.25) is 0 Å². The number of rotatable bonds is 5. The second kappa shape index (κ2) is 6.39. The lowest BCUT2D eigenvalue weighted by Crippen LogP contribution is -2.00. The lowest BCUT2D eigenvalue weighted by atomic mass is 10.2. The van der Waals surface area contributed by atoms with E-state index in [4.69, 9.17) is 0 Å². The van der Waals surface area contributed by atoms with Gasteiger partial charge in [-0.1, -0.05) is 72.4 Å². The van der Waals surface area contributed by atoms with Crippen molar-refractivity contribution in [2.24, 2.45) is 0 Å². The van der Waals surface area contributed by atoms with E-state index in [1.165, 1.54) is 11.1 Å². The quantitative estimate of drug-likeness (QED) is 0.669. The first-order valence-electron chi connectivity index (χ1n) is 6.50. The summed E-state index contributed by atoms with van der Waals surface area (Å²) in [4.78, 5) is 0. The van der Waals surface area contributed by atoms with E-state index in [0.29, 0.717) is 0 Å². The highest BCUT2D eigenvalue weighted by molar-refractivity contribution is 7.98. The standard InChI is InChI=1S/C16H15N3S/c1-3-7-14(8-4-1)11-19-13-17-18-16(19)20-12-15-9-5-2-6-10-15/h1-10,13H,11-12H2. The average Bonchev–Trinajstić information content (AvgIpc) is 2.94. The SMILES string of the molecule is c1ccc(CSc2nncn2Cc2ccccc2)cc1. The van der Waals surface area contributed by atoms with Crippen molar-refractivity contribution in [1.82, 2.24) is 14.8 Å². The van der Waals surface area contributed by atoms with Crippen LogP contribution in [0.1, 0.15) is 11.1 Å². The van der Waals surface area contributed by atoms with E-state index < -0.39 is 0 Å². The maximum absolute atomic E-state index is 4.20. The Morgan fingerprint density at radius 1 is 0.850 bits per heavy atom. The van der Waals surface area contributed by atoms with Crippen LogP contribution in [-0.2, 0) is 12.3 Å². The second-order valence-corrected chi connectivity index (χ2v) is 5.44. The molecule has 0 saturated carbocycles. The minimum atomic E-state index is 0.810. The van der Waals surface area contributed by atoms with Gasteiger partial charge < -0.3 is 4.57 Å². The first-order valence-corrected chi connectivity index (χ1v) is 7.49. The van der Waals surface area contributed by atoms with Crippen LogP contribution >= 0.6 is 11.8 Å². The van der Waals surface area contributed by atoms with E-state index >= 15 is 0 Å². The Balaban J connectivity index is 1.68. The van der Waals surface area contributed by atoms with Crippen molar-refractivity contribution in [2.45, 2.75) is 17.5 Å². The van der Waals surface area contributed by atoms with E-state index in [2.05, 4.69) is 63.3 Å². The Kier molecular flexibility index (Phi) is 4.13. The van der Waals surface area contributed by atoms with Gasteiger partial charge in [0.25, 0.3) is 0 Å². The summed E-state index contributed by atoms with van der Waals surface area (Å²) in [6.45, 7) is 0.810. The number of thioether (sulfide) groups is 1. The van der Waals surface area contributed by atoms with Gasteiger partial charge in [-0.05, 0) is 11.1 Å². The van der Waals surface area contributed by atoms with Crippen LogP contribution in [0.5, 0.6) is 0 Å². The van der Waals surface area contributed by atoms with Crippen molar-refractivity contribution < 1.29 is 0 Å². The Hall–Kier alpha value is -2.07. The largest absolute Gasteiger partial charge is 0.304 e. The Bertz CT molecular complexity index is 650. The highest BCUT2D eigenvalue weighted by Crippen LogP contribution is 2.21. The van der Waals surface area contributed by atoms with E-state index in [0.717, 1.165) is 17.5 Å². The molecule has 0 bridgehead atoms. The summed E-state index contributed by atoms with van der Waals surface area (Å²) in [5, 5.41) is 9.18. The van der Waals surface area contributed by atoms with Gasteiger partial charge in [-0.2, -0.15) is 0 Å². The first kappa shape index (κ1) is 12.9. The molecule has 0 radical (unpaired) electrons. The van der Waals surface area contributed by atoms with E-state index in [-0.39, 0.29) is 0 Å². The van der Waals surface area contributed by atoms with Crippen LogP contribution in [0.15, 0.2) is 72.1 Å². The van der Waals surface area contributed by atoms with Gasteiger partial charge in [-0.25, -0.2) is 0 Å². The average molecular weight is 281 g/mol. The van der Waals surface area contributed by atoms with Crippen LogP contribution in [0.2, 0.25) is 0 Å². The van der Waals surface area contributed by atoms with Gasteiger partial charge in [0.15, 0.2) is 5.16 Å². The number of hydrogen-bond donors (Lipinski definition) is 0. The molecule has 100 valence electrons. The molecule has 3 aromatic rings. The molecule has 20 heavy (non-hydrogen) atoms. The third-order valence-electron chi connectivity index (χ3n) is 2.99. The minimum absolute atomic E-state index is 0.810. The zero-order valence-electron chi connectivity index (χ0n) is 11.0. The van der Waals surface area contributed by atoms with Gasteiger partial charge in [-0.3, -0.25) is 0 Å². The van der Waals surface area contributed by atoms with E-state index in [1.54, 1.807) is 18.1 Å². The zero-order chi connectivity index (χ0) is 13.6. The molecule has 2 aromatic carbocycles. The molecule has 3 rings (SSSR count). The molecule has 3 nitrogen and oxygen atoms in total. The summed E-state index contributed by atoms with van der Waals surface area (Å²) >= 11 is 1.72.